The van der Waals surface area contributed by atoms with Gasteiger partial charge in [0.25, 0.3) is 0 Å². The summed E-state index contributed by atoms with van der Waals surface area (Å²) in [5.41, 5.74) is -0.124. The average molecular weight is 333 g/mol. The fourth-order valence-electron chi connectivity index (χ4n) is 1.48. The van der Waals surface area contributed by atoms with Crippen LogP contribution in [0.2, 0.25) is 5.15 Å². The lowest BCUT2D eigenvalue weighted by atomic mass is 10.2. The smallest absolute Gasteiger partial charge is 0.434 e. The second-order valence-electron chi connectivity index (χ2n) is 3.89. The van der Waals surface area contributed by atoms with E-state index in [9.17, 15) is 18.0 Å². The molecule has 0 amide bonds. The largest absolute Gasteiger partial charge is 0.513 e. The van der Waals surface area contributed by atoms with Crippen molar-refractivity contribution < 1.29 is 27.4 Å². The third kappa shape index (κ3) is 3.45. The van der Waals surface area contributed by atoms with Crippen molar-refractivity contribution in [3.05, 3.63) is 40.9 Å². The van der Waals surface area contributed by atoms with Gasteiger partial charge in [-0.3, -0.25) is 0 Å². The minimum Gasteiger partial charge on any atom is -0.434 e. The Balaban J connectivity index is 2.31. The number of ether oxygens (including phenoxy) is 2. The Morgan fingerprint density at radius 2 is 1.91 bits per heavy atom. The number of carbonyl (C=O) groups excluding carboxylic acids is 1. The molecule has 0 saturated carbocycles. The van der Waals surface area contributed by atoms with E-state index in [1.807, 2.05) is 0 Å². The van der Waals surface area contributed by atoms with E-state index in [-0.39, 0.29) is 28.9 Å². The Hall–Kier alpha value is -2.35. The lowest BCUT2D eigenvalue weighted by Crippen LogP contribution is -2.11. The molecule has 0 fully saturated rings. The van der Waals surface area contributed by atoms with Crippen LogP contribution in [-0.2, 0) is 4.74 Å². The predicted octanol–water partition coefficient (Wildman–Crippen LogP) is 3.75. The standard InChI is InChI=1S/C13H8ClF3N2O3/c1-2-21-13(20)22-9-5-18-12(19-11(9)14)6-3-7(15)10(17)8(16)4-6/h3-5H,2H2,1H3. The molecule has 0 unspecified atom stereocenters. The molecule has 0 N–H and O–H groups in total. The van der Waals surface area contributed by atoms with E-state index in [0.29, 0.717) is 0 Å². The van der Waals surface area contributed by atoms with Gasteiger partial charge in [0.2, 0.25) is 0 Å². The summed E-state index contributed by atoms with van der Waals surface area (Å²) in [5, 5.41) is -0.275. The third-order valence-corrected chi connectivity index (χ3v) is 2.68. The van der Waals surface area contributed by atoms with Gasteiger partial charge in [0.15, 0.2) is 34.2 Å². The first-order chi connectivity index (χ1) is 10.4. The summed E-state index contributed by atoms with van der Waals surface area (Å²) in [5.74, 6) is -4.73. The topological polar surface area (TPSA) is 61.3 Å². The Kier molecular flexibility index (Phi) is 4.81. The first-order valence-electron chi connectivity index (χ1n) is 5.94. The van der Waals surface area contributed by atoms with Gasteiger partial charge in [0.05, 0.1) is 12.8 Å². The molecule has 9 heteroatoms. The fraction of sp³-hybridized carbons (Fsp3) is 0.154. The summed E-state index contributed by atoms with van der Waals surface area (Å²) in [6, 6.07) is 1.44. The van der Waals surface area contributed by atoms with E-state index in [2.05, 4.69) is 14.7 Å². The van der Waals surface area contributed by atoms with Gasteiger partial charge in [-0.05, 0) is 19.1 Å². The molecule has 0 spiro atoms. The molecule has 5 nitrogen and oxygen atoms in total. The monoisotopic (exact) mass is 332 g/mol. The van der Waals surface area contributed by atoms with Gasteiger partial charge in [0, 0.05) is 5.56 Å². The minimum atomic E-state index is -1.60. The van der Waals surface area contributed by atoms with E-state index < -0.39 is 23.6 Å². The second kappa shape index (κ2) is 6.61. The van der Waals surface area contributed by atoms with Crippen LogP contribution < -0.4 is 4.74 Å². The normalized spacial score (nSPS) is 10.4. The molecule has 0 atom stereocenters. The molecule has 0 aliphatic carbocycles. The van der Waals surface area contributed by atoms with E-state index in [1.165, 1.54) is 0 Å². The van der Waals surface area contributed by atoms with E-state index in [4.69, 9.17) is 16.3 Å². The van der Waals surface area contributed by atoms with Crippen molar-refractivity contribution in [2.45, 2.75) is 6.92 Å². The zero-order chi connectivity index (χ0) is 16.3. The number of benzene rings is 1. The van der Waals surface area contributed by atoms with Gasteiger partial charge in [-0.1, -0.05) is 11.6 Å². The summed E-state index contributed by atoms with van der Waals surface area (Å²) in [6.07, 6.45) is 0.0282. The van der Waals surface area contributed by atoms with Gasteiger partial charge >= 0.3 is 6.16 Å². The van der Waals surface area contributed by atoms with Crippen molar-refractivity contribution in [2.24, 2.45) is 0 Å². The van der Waals surface area contributed by atoms with Crippen molar-refractivity contribution in [2.75, 3.05) is 6.61 Å². The lowest BCUT2D eigenvalue weighted by Gasteiger charge is -2.07. The third-order valence-electron chi connectivity index (χ3n) is 2.41. The summed E-state index contributed by atoms with van der Waals surface area (Å²) in [6.45, 7) is 1.68. The number of rotatable bonds is 3. The van der Waals surface area contributed by atoms with Gasteiger partial charge < -0.3 is 9.47 Å². The minimum absolute atomic E-state index is 0.101. The molecular weight excluding hydrogens is 325 g/mol. The number of hydrogen-bond donors (Lipinski definition) is 0. The predicted molar refractivity (Wildman–Crippen MR) is 70.0 cm³/mol. The van der Waals surface area contributed by atoms with Crippen molar-refractivity contribution >= 4 is 17.8 Å². The highest BCUT2D eigenvalue weighted by atomic mass is 35.5. The number of hydrogen-bond acceptors (Lipinski definition) is 5. The van der Waals surface area contributed by atoms with Crippen LogP contribution in [0.4, 0.5) is 18.0 Å². The van der Waals surface area contributed by atoms with E-state index in [1.54, 1.807) is 6.92 Å². The number of aromatic nitrogens is 2. The SMILES string of the molecule is CCOC(=O)Oc1cnc(-c2cc(F)c(F)c(F)c2)nc1Cl. The van der Waals surface area contributed by atoms with Gasteiger partial charge in [-0.25, -0.2) is 27.9 Å². The first kappa shape index (κ1) is 16.0. The highest BCUT2D eigenvalue weighted by molar-refractivity contribution is 6.31. The van der Waals surface area contributed by atoms with Gasteiger partial charge in [0.1, 0.15) is 0 Å². The molecule has 1 heterocycles. The fourth-order valence-corrected chi connectivity index (χ4v) is 1.65. The van der Waals surface area contributed by atoms with Crippen LogP contribution in [0.15, 0.2) is 18.3 Å². The first-order valence-corrected chi connectivity index (χ1v) is 6.32. The van der Waals surface area contributed by atoms with Crippen LogP contribution in [0, 0.1) is 17.5 Å². The van der Waals surface area contributed by atoms with Crippen LogP contribution in [-0.4, -0.2) is 22.7 Å². The van der Waals surface area contributed by atoms with Crippen molar-refractivity contribution in [3.63, 3.8) is 0 Å². The average Bonchev–Trinajstić information content (AvgIpc) is 2.46. The molecule has 22 heavy (non-hydrogen) atoms. The Morgan fingerprint density at radius 3 is 2.45 bits per heavy atom. The molecule has 0 aliphatic rings. The van der Waals surface area contributed by atoms with Crippen LogP contribution >= 0.6 is 11.6 Å². The van der Waals surface area contributed by atoms with Crippen LogP contribution in [0.5, 0.6) is 5.75 Å². The molecular formula is C13H8ClF3N2O3. The maximum Gasteiger partial charge on any atom is 0.513 e. The molecule has 0 saturated heterocycles. The summed E-state index contributed by atoms with van der Waals surface area (Å²) < 4.78 is 48.5. The number of halogens is 4. The molecule has 2 rings (SSSR count). The molecule has 1 aromatic carbocycles. The highest BCUT2D eigenvalue weighted by Gasteiger charge is 2.16. The van der Waals surface area contributed by atoms with Crippen molar-refractivity contribution in [1.29, 1.82) is 0 Å². The van der Waals surface area contributed by atoms with Crippen LogP contribution in [0.1, 0.15) is 6.92 Å². The molecule has 1 aromatic heterocycles. The number of carbonyl (C=O) groups is 1. The van der Waals surface area contributed by atoms with Crippen LogP contribution in [0.25, 0.3) is 11.4 Å². The second-order valence-corrected chi connectivity index (χ2v) is 4.25. The maximum absolute atomic E-state index is 13.2. The van der Waals surface area contributed by atoms with E-state index in [0.717, 1.165) is 18.3 Å². The Labute approximate surface area is 127 Å². The molecule has 2 aromatic rings. The number of nitrogens with zero attached hydrogens (tertiary/aromatic N) is 2. The zero-order valence-electron chi connectivity index (χ0n) is 11.1. The highest BCUT2D eigenvalue weighted by Crippen LogP contribution is 2.26. The summed E-state index contributed by atoms with van der Waals surface area (Å²) in [7, 11) is 0. The van der Waals surface area contributed by atoms with Crippen molar-refractivity contribution in [3.8, 4) is 17.1 Å². The molecule has 0 aliphatic heterocycles. The quantitative estimate of drug-likeness (QED) is 0.486. The lowest BCUT2D eigenvalue weighted by molar-refractivity contribution is 0.104. The summed E-state index contributed by atoms with van der Waals surface area (Å²) in [4.78, 5) is 18.6. The van der Waals surface area contributed by atoms with Crippen LogP contribution in [0.3, 0.4) is 0 Å². The van der Waals surface area contributed by atoms with Gasteiger partial charge in [-0.15, -0.1) is 0 Å². The molecule has 0 radical (unpaired) electrons. The Morgan fingerprint density at radius 1 is 1.27 bits per heavy atom. The van der Waals surface area contributed by atoms with E-state index >= 15 is 0 Å². The van der Waals surface area contributed by atoms with Crippen molar-refractivity contribution in [1.82, 2.24) is 9.97 Å². The summed E-state index contributed by atoms with van der Waals surface area (Å²) >= 11 is 5.79. The molecule has 0 bridgehead atoms. The molecule has 116 valence electrons. The Bertz CT molecular complexity index is 705. The maximum atomic E-state index is 13.2. The van der Waals surface area contributed by atoms with Gasteiger partial charge in [-0.2, -0.15) is 0 Å². The zero-order valence-corrected chi connectivity index (χ0v) is 11.8.